The summed E-state index contributed by atoms with van der Waals surface area (Å²) in [5, 5.41) is 7.10. The largest absolute Gasteiger partial charge is 0.332 e. The number of para-hydroxylation sites is 1. The first-order valence-electron chi connectivity index (χ1n) is 8.49. The first-order chi connectivity index (χ1) is 12.0. The first-order valence-corrected chi connectivity index (χ1v) is 8.90. The molecule has 0 atom stereocenters. The van der Waals surface area contributed by atoms with Gasteiger partial charge in [0, 0.05) is 31.0 Å². The Morgan fingerprint density at radius 1 is 1.00 bits per heavy atom. The van der Waals surface area contributed by atoms with E-state index in [1.54, 1.807) is 18.9 Å². The second-order valence-corrected chi connectivity index (χ2v) is 6.27. The number of hydrogen-bond donors (Lipinski definition) is 2. The minimum atomic E-state index is 0.00108. The van der Waals surface area contributed by atoms with E-state index in [9.17, 15) is 4.79 Å². The molecule has 5 heteroatoms. The van der Waals surface area contributed by atoms with E-state index in [2.05, 4.69) is 42.7 Å². The van der Waals surface area contributed by atoms with Crippen LogP contribution in [-0.4, -0.2) is 18.1 Å². The van der Waals surface area contributed by atoms with Gasteiger partial charge >= 0.3 is 0 Å². The zero-order valence-corrected chi connectivity index (χ0v) is 16.0. The zero-order chi connectivity index (χ0) is 18.4. The zero-order valence-electron chi connectivity index (χ0n) is 15.2. The first kappa shape index (κ1) is 18.9. The summed E-state index contributed by atoms with van der Waals surface area (Å²) in [6, 6.07) is 13.9. The van der Waals surface area contributed by atoms with Gasteiger partial charge in [0.2, 0.25) is 5.91 Å². The van der Waals surface area contributed by atoms with Crippen molar-refractivity contribution in [2.75, 3.05) is 22.6 Å². The third kappa shape index (κ3) is 4.79. The number of benzene rings is 2. The number of thiocarbonyl (C=S) groups is 1. The number of carbonyl (C=O) groups is 1. The lowest BCUT2D eigenvalue weighted by Gasteiger charge is -2.18. The number of nitrogens with zero attached hydrogens (tertiary/aromatic N) is 1. The molecule has 0 heterocycles. The van der Waals surface area contributed by atoms with Gasteiger partial charge in [-0.1, -0.05) is 32.0 Å². The Kier molecular flexibility index (Phi) is 6.53. The van der Waals surface area contributed by atoms with Gasteiger partial charge in [0.05, 0.1) is 0 Å². The van der Waals surface area contributed by atoms with E-state index in [4.69, 9.17) is 12.2 Å². The summed E-state index contributed by atoms with van der Waals surface area (Å²) in [5.41, 5.74) is 5.33. The van der Waals surface area contributed by atoms with Crippen molar-refractivity contribution in [1.82, 2.24) is 0 Å². The lowest BCUT2D eigenvalue weighted by molar-refractivity contribution is -0.116. The van der Waals surface area contributed by atoms with Gasteiger partial charge in [0.25, 0.3) is 0 Å². The molecule has 0 bridgehead atoms. The summed E-state index contributed by atoms with van der Waals surface area (Å²) in [6.07, 6.45) is 1.90. The van der Waals surface area contributed by atoms with Gasteiger partial charge in [-0.2, -0.15) is 0 Å². The molecule has 0 aliphatic carbocycles. The lowest BCUT2D eigenvalue weighted by atomic mass is 10.0. The van der Waals surface area contributed by atoms with Gasteiger partial charge in [-0.15, -0.1) is 0 Å². The Hall–Kier alpha value is -2.40. The minimum absolute atomic E-state index is 0.00108. The molecule has 2 rings (SSSR count). The summed E-state index contributed by atoms with van der Waals surface area (Å²) in [5.74, 6) is 0.00108. The van der Waals surface area contributed by atoms with Crippen molar-refractivity contribution in [2.45, 2.75) is 33.6 Å². The van der Waals surface area contributed by atoms with E-state index in [-0.39, 0.29) is 5.91 Å². The Morgan fingerprint density at radius 3 is 2.04 bits per heavy atom. The summed E-state index contributed by atoms with van der Waals surface area (Å²) in [6.45, 7) is 5.82. The van der Waals surface area contributed by atoms with Crippen molar-refractivity contribution in [3.63, 3.8) is 0 Å². The summed E-state index contributed by atoms with van der Waals surface area (Å²) < 4.78 is 0. The molecule has 0 saturated carbocycles. The summed E-state index contributed by atoms with van der Waals surface area (Å²) in [4.78, 5) is 13.0. The normalized spacial score (nSPS) is 10.2. The smallest absolute Gasteiger partial charge is 0.223 e. The molecule has 0 aliphatic heterocycles. The molecular formula is C20H25N3OS. The average Bonchev–Trinajstić information content (AvgIpc) is 2.61. The van der Waals surface area contributed by atoms with Crippen LogP contribution in [0.4, 0.5) is 17.1 Å². The highest BCUT2D eigenvalue weighted by Crippen LogP contribution is 2.23. The Morgan fingerprint density at radius 2 is 1.56 bits per heavy atom. The molecule has 4 nitrogen and oxygen atoms in total. The van der Waals surface area contributed by atoms with E-state index in [0.717, 1.165) is 29.9 Å². The van der Waals surface area contributed by atoms with Crippen LogP contribution in [0.3, 0.4) is 0 Å². The number of nitrogens with one attached hydrogen (secondary N) is 2. The molecule has 0 aromatic heterocycles. The molecule has 0 aliphatic rings. The fourth-order valence-electron chi connectivity index (χ4n) is 2.63. The van der Waals surface area contributed by atoms with Gasteiger partial charge in [0.15, 0.2) is 5.11 Å². The highest BCUT2D eigenvalue weighted by Gasteiger charge is 2.09. The standard InChI is InChI=1S/C20H25N3OS/c1-5-15-8-7-9-16(6-2)19(15)22-20(25)21-17-10-12-18(13-11-17)23(4)14(3)24/h7-13H,5-6H2,1-4H3,(H2,21,22,25). The van der Waals surface area contributed by atoms with E-state index in [1.807, 2.05) is 24.3 Å². The number of carbonyl (C=O) groups excluding carboxylic acids is 1. The molecule has 132 valence electrons. The summed E-state index contributed by atoms with van der Waals surface area (Å²) >= 11 is 5.47. The van der Waals surface area contributed by atoms with Crippen molar-refractivity contribution in [3.05, 3.63) is 53.6 Å². The molecule has 1 amide bonds. The maximum absolute atomic E-state index is 11.4. The molecule has 0 unspecified atom stereocenters. The third-order valence-corrected chi connectivity index (χ3v) is 4.43. The SMILES string of the molecule is CCc1cccc(CC)c1NC(=S)Nc1ccc(N(C)C(C)=O)cc1. The number of aryl methyl sites for hydroxylation is 2. The van der Waals surface area contributed by atoms with E-state index in [0.29, 0.717) is 5.11 Å². The fraction of sp³-hybridized carbons (Fsp3) is 0.300. The highest BCUT2D eigenvalue weighted by atomic mass is 32.1. The van der Waals surface area contributed by atoms with Gasteiger partial charge in [0.1, 0.15) is 0 Å². The molecule has 2 N–H and O–H groups in total. The Balaban J connectivity index is 2.10. The van der Waals surface area contributed by atoms with Crippen LogP contribution in [0.2, 0.25) is 0 Å². The van der Waals surface area contributed by atoms with E-state index in [1.165, 1.54) is 11.1 Å². The molecule has 0 fully saturated rings. The van der Waals surface area contributed by atoms with Crippen LogP contribution in [0, 0.1) is 0 Å². The van der Waals surface area contributed by atoms with Crippen molar-refractivity contribution >= 4 is 40.3 Å². The van der Waals surface area contributed by atoms with E-state index < -0.39 is 0 Å². The van der Waals surface area contributed by atoms with Crippen LogP contribution >= 0.6 is 12.2 Å². The van der Waals surface area contributed by atoms with Crippen LogP contribution in [0.25, 0.3) is 0 Å². The van der Waals surface area contributed by atoms with Crippen molar-refractivity contribution in [3.8, 4) is 0 Å². The number of rotatable bonds is 5. The maximum Gasteiger partial charge on any atom is 0.223 e. The molecule has 2 aromatic rings. The number of hydrogen-bond acceptors (Lipinski definition) is 2. The predicted octanol–water partition coefficient (Wildman–Crippen LogP) is 4.60. The van der Waals surface area contributed by atoms with Gasteiger partial charge in [-0.3, -0.25) is 4.79 Å². The predicted molar refractivity (Wildman–Crippen MR) is 111 cm³/mol. The molecule has 0 spiro atoms. The van der Waals surface area contributed by atoms with Crippen LogP contribution in [0.15, 0.2) is 42.5 Å². The molecule has 2 aromatic carbocycles. The van der Waals surface area contributed by atoms with Crippen LogP contribution < -0.4 is 15.5 Å². The van der Waals surface area contributed by atoms with Crippen LogP contribution in [0.5, 0.6) is 0 Å². The number of anilines is 3. The quantitative estimate of drug-likeness (QED) is 0.769. The Labute approximate surface area is 155 Å². The Bertz CT molecular complexity index is 734. The van der Waals surface area contributed by atoms with Crippen molar-refractivity contribution in [1.29, 1.82) is 0 Å². The molecular weight excluding hydrogens is 330 g/mol. The van der Waals surface area contributed by atoms with Crippen molar-refractivity contribution in [2.24, 2.45) is 0 Å². The molecule has 0 saturated heterocycles. The third-order valence-electron chi connectivity index (χ3n) is 4.22. The lowest BCUT2D eigenvalue weighted by Crippen LogP contribution is -2.23. The second kappa shape index (κ2) is 8.62. The van der Waals surface area contributed by atoms with Crippen LogP contribution in [0.1, 0.15) is 31.9 Å². The number of amides is 1. The monoisotopic (exact) mass is 355 g/mol. The average molecular weight is 356 g/mol. The molecule has 25 heavy (non-hydrogen) atoms. The van der Waals surface area contributed by atoms with Gasteiger partial charge in [-0.25, -0.2) is 0 Å². The molecule has 0 radical (unpaired) electrons. The van der Waals surface area contributed by atoms with Crippen LogP contribution in [-0.2, 0) is 17.6 Å². The van der Waals surface area contributed by atoms with Gasteiger partial charge in [-0.05, 0) is 60.5 Å². The van der Waals surface area contributed by atoms with E-state index >= 15 is 0 Å². The maximum atomic E-state index is 11.4. The van der Waals surface area contributed by atoms with Crippen molar-refractivity contribution < 1.29 is 4.79 Å². The fourth-order valence-corrected chi connectivity index (χ4v) is 2.85. The topological polar surface area (TPSA) is 44.4 Å². The minimum Gasteiger partial charge on any atom is -0.332 e. The second-order valence-electron chi connectivity index (χ2n) is 5.86. The summed E-state index contributed by atoms with van der Waals surface area (Å²) in [7, 11) is 1.75. The highest BCUT2D eigenvalue weighted by molar-refractivity contribution is 7.80. The van der Waals surface area contributed by atoms with Gasteiger partial charge < -0.3 is 15.5 Å².